The molecule has 2 heterocycles. The van der Waals surface area contributed by atoms with Gasteiger partial charge >= 0.3 is 6.09 Å². The van der Waals surface area contributed by atoms with E-state index in [0.717, 1.165) is 25.7 Å². The fourth-order valence-electron chi connectivity index (χ4n) is 4.09. The molecule has 3 aromatic rings. The zero-order valence-corrected chi connectivity index (χ0v) is 20.7. The normalized spacial score (nSPS) is 18.2. The third-order valence-electron chi connectivity index (χ3n) is 6.09. The Morgan fingerprint density at radius 2 is 1.91 bits per heavy atom. The highest BCUT2D eigenvalue weighted by molar-refractivity contribution is 7.91. The number of hydrogen-bond donors (Lipinski definition) is 2. The van der Waals surface area contributed by atoms with Crippen LogP contribution >= 0.6 is 11.6 Å². The molecule has 1 saturated carbocycles. The fourth-order valence-corrected chi connectivity index (χ4v) is 5.17. The Morgan fingerprint density at radius 3 is 2.57 bits per heavy atom. The van der Waals surface area contributed by atoms with E-state index in [1.54, 1.807) is 48.3 Å². The first-order chi connectivity index (χ1) is 16.8. The van der Waals surface area contributed by atoms with Crippen LogP contribution < -0.4 is 10.1 Å². The number of aromatic nitrogens is 4. The Morgan fingerprint density at radius 1 is 1.20 bits per heavy atom. The third-order valence-corrected chi connectivity index (χ3v) is 8.11. The lowest BCUT2D eigenvalue weighted by Crippen LogP contribution is -2.37. The minimum Gasteiger partial charge on any atom is -0.488 e. The number of halogens is 1. The molecular weight excluding hydrogens is 494 g/mol. The molecule has 186 valence electrons. The van der Waals surface area contributed by atoms with Gasteiger partial charge in [-0.25, -0.2) is 27.9 Å². The number of benzene rings is 1. The van der Waals surface area contributed by atoms with Crippen LogP contribution in [0.2, 0.25) is 5.15 Å². The SMILES string of the molecule is CCS(=O)(=O)c1ccc(-n2cc(-c3ncnc(Cl)c3OC[C@H]3CC[C@@H](NC(=O)O)CC3)cn2)cc1. The lowest BCUT2D eigenvalue weighted by molar-refractivity contribution is 0.169. The van der Waals surface area contributed by atoms with E-state index >= 15 is 0 Å². The van der Waals surface area contributed by atoms with Crippen molar-refractivity contribution in [2.75, 3.05) is 12.4 Å². The lowest BCUT2D eigenvalue weighted by atomic mass is 9.86. The number of amides is 1. The van der Waals surface area contributed by atoms with Crippen molar-refractivity contribution >= 4 is 27.5 Å². The van der Waals surface area contributed by atoms with E-state index in [-0.39, 0.29) is 27.8 Å². The molecule has 1 fully saturated rings. The van der Waals surface area contributed by atoms with Crippen molar-refractivity contribution in [3.05, 3.63) is 48.1 Å². The molecule has 1 aliphatic rings. The van der Waals surface area contributed by atoms with Crippen LogP contribution in [0.3, 0.4) is 0 Å². The number of nitrogens with one attached hydrogen (secondary N) is 1. The van der Waals surface area contributed by atoms with Crippen molar-refractivity contribution in [3.8, 4) is 22.7 Å². The smallest absolute Gasteiger partial charge is 0.404 e. The number of carbonyl (C=O) groups is 1. The van der Waals surface area contributed by atoms with Gasteiger partial charge in [-0.2, -0.15) is 5.10 Å². The second-order valence-corrected chi connectivity index (χ2v) is 11.0. The minimum atomic E-state index is -3.28. The molecule has 10 nitrogen and oxygen atoms in total. The first kappa shape index (κ1) is 24.9. The van der Waals surface area contributed by atoms with Crippen LogP contribution in [-0.2, 0) is 9.84 Å². The summed E-state index contributed by atoms with van der Waals surface area (Å²) in [4.78, 5) is 19.5. The summed E-state index contributed by atoms with van der Waals surface area (Å²) in [6.07, 6.45) is 6.96. The molecule has 0 spiro atoms. The molecule has 0 unspecified atom stereocenters. The largest absolute Gasteiger partial charge is 0.488 e. The first-order valence-electron chi connectivity index (χ1n) is 11.3. The van der Waals surface area contributed by atoms with Crippen LogP contribution in [-0.4, -0.2) is 57.8 Å². The van der Waals surface area contributed by atoms with Gasteiger partial charge in [0.1, 0.15) is 12.0 Å². The second-order valence-electron chi connectivity index (χ2n) is 8.39. The molecule has 1 amide bonds. The average Bonchev–Trinajstić information content (AvgIpc) is 3.34. The van der Waals surface area contributed by atoms with Gasteiger partial charge in [-0.05, 0) is 55.9 Å². The van der Waals surface area contributed by atoms with Gasteiger partial charge in [-0.1, -0.05) is 18.5 Å². The monoisotopic (exact) mass is 519 g/mol. The Balaban J connectivity index is 1.47. The second kappa shape index (κ2) is 10.6. The van der Waals surface area contributed by atoms with E-state index in [0.29, 0.717) is 29.3 Å². The Hall–Kier alpha value is -3.18. The lowest BCUT2D eigenvalue weighted by Gasteiger charge is -2.28. The molecule has 0 radical (unpaired) electrons. The van der Waals surface area contributed by atoms with Crippen LogP contribution in [0.1, 0.15) is 32.6 Å². The van der Waals surface area contributed by atoms with Crippen LogP contribution in [0, 0.1) is 5.92 Å². The van der Waals surface area contributed by atoms with Crippen LogP contribution in [0.5, 0.6) is 5.75 Å². The summed E-state index contributed by atoms with van der Waals surface area (Å²) in [5.74, 6) is 0.673. The van der Waals surface area contributed by atoms with Gasteiger partial charge in [0.15, 0.2) is 20.7 Å². The third kappa shape index (κ3) is 5.91. The molecule has 35 heavy (non-hydrogen) atoms. The number of ether oxygens (including phenoxy) is 1. The van der Waals surface area contributed by atoms with Gasteiger partial charge in [-0.3, -0.25) is 0 Å². The predicted octanol–water partition coefficient (Wildman–Crippen LogP) is 3.98. The highest BCUT2D eigenvalue weighted by Crippen LogP contribution is 2.34. The Labute approximate surface area is 208 Å². The number of sulfone groups is 1. The molecule has 1 aliphatic carbocycles. The molecule has 0 saturated heterocycles. The summed E-state index contributed by atoms with van der Waals surface area (Å²) in [5, 5.41) is 16.0. The Kier molecular flexibility index (Phi) is 7.56. The van der Waals surface area contributed by atoms with Crippen molar-refractivity contribution in [2.45, 2.75) is 43.5 Å². The quantitative estimate of drug-likeness (QED) is 0.426. The standard InChI is InChI=1S/C23H26ClN5O5S/c1-2-35(32,33)19-9-7-18(8-10-19)29-12-16(11-27-29)20-21(22(24)26-14-25-20)34-13-15-3-5-17(6-4-15)28-23(30)31/h7-12,14-15,17,28H,2-6,13H2,1H3,(H,30,31)/t15-,17+. The number of carboxylic acid groups (broad SMARTS) is 1. The molecule has 0 atom stereocenters. The summed E-state index contributed by atoms with van der Waals surface area (Å²) in [5.41, 5.74) is 1.87. The van der Waals surface area contributed by atoms with Crippen molar-refractivity contribution < 1.29 is 23.1 Å². The van der Waals surface area contributed by atoms with Crippen LogP contribution in [0.15, 0.2) is 47.9 Å². The van der Waals surface area contributed by atoms with E-state index in [2.05, 4.69) is 20.4 Å². The van der Waals surface area contributed by atoms with Gasteiger partial charge < -0.3 is 15.2 Å². The molecule has 1 aromatic carbocycles. The zero-order chi connectivity index (χ0) is 25.0. The van der Waals surface area contributed by atoms with Crippen LogP contribution in [0.4, 0.5) is 4.79 Å². The van der Waals surface area contributed by atoms with Gasteiger partial charge in [0.05, 0.1) is 29.1 Å². The molecule has 4 rings (SSSR count). The molecular formula is C23H26ClN5O5S. The molecule has 2 aromatic heterocycles. The number of nitrogens with zero attached hydrogens (tertiary/aromatic N) is 4. The maximum absolute atomic E-state index is 12.1. The van der Waals surface area contributed by atoms with Crippen LogP contribution in [0.25, 0.3) is 16.9 Å². The predicted molar refractivity (Wildman–Crippen MR) is 130 cm³/mol. The fraction of sp³-hybridized carbons (Fsp3) is 0.391. The Bertz CT molecular complexity index is 1290. The molecule has 12 heteroatoms. The van der Waals surface area contributed by atoms with E-state index in [1.807, 2.05) is 0 Å². The maximum Gasteiger partial charge on any atom is 0.404 e. The van der Waals surface area contributed by atoms with Crippen molar-refractivity contribution in [3.63, 3.8) is 0 Å². The van der Waals surface area contributed by atoms with Crippen molar-refractivity contribution in [2.24, 2.45) is 5.92 Å². The zero-order valence-electron chi connectivity index (χ0n) is 19.1. The summed E-state index contributed by atoms with van der Waals surface area (Å²) in [6, 6.07) is 6.49. The van der Waals surface area contributed by atoms with Gasteiger partial charge in [0.25, 0.3) is 0 Å². The number of hydrogen-bond acceptors (Lipinski definition) is 7. The van der Waals surface area contributed by atoms with Crippen molar-refractivity contribution in [1.82, 2.24) is 25.1 Å². The van der Waals surface area contributed by atoms with E-state index in [4.69, 9.17) is 21.4 Å². The summed E-state index contributed by atoms with van der Waals surface area (Å²) in [6.45, 7) is 2.03. The summed E-state index contributed by atoms with van der Waals surface area (Å²) in [7, 11) is -3.28. The highest BCUT2D eigenvalue weighted by Gasteiger charge is 2.24. The van der Waals surface area contributed by atoms with E-state index < -0.39 is 15.9 Å². The molecule has 0 aliphatic heterocycles. The summed E-state index contributed by atoms with van der Waals surface area (Å²) < 4.78 is 31.8. The molecule has 0 bridgehead atoms. The summed E-state index contributed by atoms with van der Waals surface area (Å²) >= 11 is 6.34. The highest BCUT2D eigenvalue weighted by atomic mass is 35.5. The van der Waals surface area contributed by atoms with E-state index in [1.165, 1.54) is 6.33 Å². The minimum absolute atomic E-state index is 0.0232. The average molecular weight is 520 g/mol. The maximum atomic E-state index is 12.1. The topological polar surface area (TPSA) is 136 Å². The van der Waals surface area contributed by atoms with Gasteiger partial charge in [-0.15, -0.1) is 0 Å². The number of rotatable bonds is 8. The van der Waals surface area contributed by atoms with Gasteiger partial charge in [0.2, 0.25) is 0 Å². The van der Waals surface area contributed by atoms with Crippen molar-refractivity contribution in [1.29, 1.82) is 0 Å². The first-order valence-corrected chi connectivity index (χ1v) is 13.3. The van der Waals surface area contributed by atoms with Gasteiger partial charge in [0, 0.05) is 17.8 Å². The van der Waals surface area contributed by atoms with E-state index in [9.17, 15) is 13.2 Å². The molecule has 2 N–H and O–H groups in total.